The number of carbonyl (C=O) groups excluding carboxylic acids is 2. The van der Waals surface area contributed by atoms with Crippen LogP contribution in [0.4, 0.5) is 4.39 Å². The summed E-state index contributed by atoms with van der Waals surface area (Å²) in [6, 6.07) is 12.3. The molecule has 0 bridgehead atoms. The minimum absolute atomic E-state index is 0.0506. The molecule has 0 spiro atoms. The van der Waals surface area contributed by atoms with Crippen molar-refractivity contribution in [3.8, 4) is 0 Å². The molecule has 2 atom stereocenters. The van der Waals surface area contributed by atoms with E-state index in [2.05, 4.69) is 0 Å². The maximum Gasteiger partial charge on any atom is 0.358 e. The number of halogens is 1. The number of benzene rings is 2. The number of hydrogen-bond donors (Lipinski definition) is 1. The van der Waals surface area contributed by atoms with E-state index in [0.29, 0.717) is 11.1 Å². The van der Waals surface area contributed by atoms with Gasteiger partial charge in [-0.3, -0.25) is 4.79 Å². The monoisotopic (exact) mass is 357 g/mol. The number of aliphatic hydroxyl groups excluding tert-OH is 1. The van der Waals surface area contributed by atoms with Gasteiger partial charge in [-0.15, -0.1) is 5.06 Å². The zero-order chi connectivity index (χ0) is 18.7. The van der Waals surface area contributed by atoms with E-state index in [1.807, 2.05) is 0 Å². The molecular formula is C20H20FNO4. The van der Waals surface area contributed by atoms with Gasteiger partial charge in [0.2, 0.25) is 0 Å². The molecule has 0 aliphatic carbocycles. The molecule has 6 heteroatoms. The average molecular weight is 357 g/mol. The Morgan fingerprint density at radius 2 is 2.00 bits per heavy atom. The fourth-order valence-corrected chi connectivity index (χ4v) is 3.13. The molecule has 0 radical (unpaired) electrons. The van der Waals surface area contributed by atoms with Crippen LogP contribution in [-0.2, 0) is 14.4 Å². The molecule has 0 amide bonds. The van der Waals surface area contributed by atoms with E-state index in [-0.39, 0.29) is 31.0 Å². The number of ketones is 1. The van der Waals surface area contributed by atoms with Crippen LogP contribution in [0.15, 0.2) is 48.5 Å². The standard InChI is InChI=1S/C20H20FNO4/c1-13-11-15(21)7-8-17(13)18-12-16(23)9-10-22(18)26-20(25)19(24)14-5-3-2-4-6-14/h2-8,11,18-19,24H,9-10,12H2,1H3/t18-,19-/m1/s1. The molecule has 1 aliphatic rings. The predicted octanol–water partition coefficient (Wildman–Crippen LogP) is 3.03. The third kappa shape index (κ3) is 3.98. The minimum Gasteiger partial charge on any atom is -0.377 e. The molecule has 136 valence electrons. The van der Waals surface area contributed by atoms with Gasteiger partial charge in [0, 0.05) is 19.4 Å². The van der Waals surface area contributed by atoms with Gasteiger partial charge in [0.15, 0.2) is 6.10 Å². The number of hydroxylamine groups is 2. The van der Waals surface area contributed by atoms with Gasteiger partial charge < -0.3 is 9.94 Å². The van der Waals surface area contributed by atoms with Gasteiger partial charge in [-0.2, -0.15) is 0 Å². The fourth-order valence-electron chi connectivity index (χ4n) is 3.13. The molecule has 1 saturated heterocycles. The summed E-state index contributed by atoms with van der Waals surface area (Å²) in [5, 5.41) is 11.6. The largest absolute Gasteiger partial charge is 0.377 e. The number of aryl methyl sites for hydroxylation is 1. The Kier molecular flexibility index (Phi) is 5.44. The van der Waals surface area contributed by atoms with Gasteiger partial charge in [-0.1, -0.05) is 36.4 Å². The quantitative estimate of drug-likeness (QED) is 0.911. The highest BCUT2D eigenvalue weighted by Gasteiger charge is 2.33. The lowest BCUT2D eigenvalue weighted by molar-refractivity contribution is -0.217. The number of aliphatic hydroxyl groups is 1. The molecule has 0 saturated carbocycles. The summed E-state index contributed by atoms with van der Waals surface area (Å²) in [7, 11) is 0. The number of rotatable bonds is 4. The number of carbonyl (C=O) groups is 2. The van der Waals surface area contributed by atoms with Gasteiger partial charge in [-0.25, -0.2) is 9.18 Å². The Labute approximate surface area is 151 Å². The first-order valence-corrected chi connectivity index (χ1v) is 8.45. The van der Waals surface area contributed by atoms with Gasteiger partial charge in [0.25, 0.3) is 0 Å². The van der Waals surface area contributed by atoms with Crippen molar-refractivity contribution in [1.29, 1.82) is 0 Å². The maximum atomic E-state index is 13.4. The Hall–Kier alpha value is -2.57. The normalized spacial score (nSPS) is 19.2. The fraction of sp³-hybridized carbons (Fsp3) is 0.300. The first-order valence-electron chi connectivity index (χ1n) is 8.45. The van der Waals surface area contributed by atoms with Crippen molar-refractivity contribution in [2.24, 2.45) is 0 Å². The summed E-state index contributed by atoms with van der Waals surface area (Å²) < 4.78 is 13.4. The summed E-state index contributed by atoms with van der Waals surface area (Å²) in [4.78, 5) is 29.7. The van der Waals surface area contributed by atoms with Crippen LogP contribution < -0.4 is 0 Å². The number of piperidine rings is 1. The second-order valence-electron chi connectivity index (χ2n) is 6.37. The van der Waals surface area contributed by atoms with Crippen molar-refractivity contribution >= 4 is 11.8 Å². The van der Waals surface area contributed by atoms with Crippen molar-refractivity contribution in [1.82, 2.24) is 5.06 Å². The molecule has 1 N–H and O–H groups in total. The van der Waals surface area contributed by atoms with Crippen molar-refractivity contribution in [2.75, 3.05) is 6.54 Å². The Morgan fingerprint density at radius 3 is 2.69 bits per heavy atom. The maximum absolute atomic E-state index is 13.4. The lowest BCUT2D eigenvalue weighted by atomic mass is 9.93. The molecule has 3 rings (SSSR count). The van der Waals surface area contributed by atoms with Crippen molar-refractivity contribution in [3.63, 3.8) is 0 Å². The van der Waals surface area contributed by atoms with Crippen LogP contribution in [0.2, 0.25) is 0 Å². The molecule has 0 aromatic heterocycles. The number of hydrogen-bond acceptors (Lipinski definition) is 5. The number of nitrogens with zero attached hydrogens (tertiary/aromatic N) is 1. The second-order valence-corrected chi connectivity index (χ2v) is 6.37. The number of Topliss-reactive ketones (excluding diaryl/α,β-unsaturated/α-hetero) is 1. The Bertz CT molecular complexity index is 809. The smallest absolute Gasteiger partial charge is 0.358 e. The summed E-state index contributed by atoms with van der Waals surface area (Å²) >= 11 is 0. The Balaban J connectivity index is 1.80. The molecule has 2 aromatic rings. The molecule has 2 aromatic carbocycles. The van der Waals surface area contributed by atoms with Crippen molar-refractivity contribution in [3.05, 3.63) is 71.0 Å². The van der Waals surface area contributed by atoms with Crippen molar-refractivity contribution in [2.45, 2.75) is 31.9 Å². The molecule has 0 unspecified atom stereocenters. The molecule has 5 nitrogen and oxygen atoms in total. The highest BCUT2D eigenvalue weighted by Crippen LogP contribution is 2.32. The molecule has 1 fully saturated rings. The molecule has 1 aliphatic heterocycles. The third-order valence-electron chi connectivity index (χ3n) is 4.52. The first kappa shape index (κ1) is 18.2. The highest BCUT2D eigenvalue weighted by atomic mass is 19.1. The summed E-state index contributed by atoms with van der Waals surface area (Å²) in [5.41, 5.74) is 1.83. The van der Waals surface area contributed by atoms with Crippen LogP contribution in [0.5, 0.6) is 0 Å². The van der Waals surface area contributed by atoms with Crippen molar-refractivity contribution < 1.29 is 23.9 Å². The van der Waals surface area contributed by atoms with Crippen LogP contribution >= 0.6 is 0 Å². The highest BCUT2D eigenvalue weighted by molar-refractivity contribution is 5.80. The van der Waals surface area contributed by atoms with Gasteiger partial charge in [-0.05, 0) is 35.7 Å². The van der Waals surface area contributed by atoms with E-state index in [9.17, 15) is 19.1 Å². The average Bonchev–Trinajstić information content (AvgIpc) is 2.63. The predicted molar refractivity (Wildman–Crippen MR) is 92.3 cm³/mol. The molecule has 26 heavy (non-hydrogen) atoms. The lowest BCUT2D eigenvalue weighted by Crippen LogP contribution is -2.40. The summed E-state index contributed by atoms with van der Waals surface area (Å²) in [6.45, 7) is 1.98. The van der Waals surface area contributed by atoms with E-state index in [4.69, 9.17) is 4.84 Å². The third-order valence-corrected chi connectivity index (χ3v) is 4.52. The minimum atomic E-state index is -1.41. The van der Waals surface area contributed by atoms with E-state index < -0.39 is 18.1 Å². The SMILES string of the molecule is Cc1cc(F)ccc1[C@H]1CC(=O)CCN1OC(=O)[C@H](O)c1ccccc1. The zero-order valence-corrected chi connectivity index (χ0v) is 14.4. The van der Waals surface area contributed by atoms with Crippen LogP contribution in [0.1, 0.15) is 41.7 Å². The van der Waals surface area contributed by atoms with Crippen LogP contribution in [0.3, 0.4) is 0 Å². The first-order chi connectivity index (χ1) is 12.5. The van der Waals surface area contributed by atoms with Gasteiger partial charge in [0.05, 0.1) is 6.04 Å². The van der Waals surface area contributed by atoms with Gasteiger partial charge >= 0.3 is 5.97 Å². The molecular weight excluding hydrogens is 337 g/mol. The van der Waals surface area contributed by atoms with Crippen LogP contribution in [0.25, 0.3) is 0 Å². The zero-order valence-electron chi connectivity index (χ0n) is 14.4. The van der Waals surface area contributed by atoms with E-state index in [1.54, 1.807) is 43.3 Å². The molecule has 1 heterocycles. The van der Waals surface area contributed by atoms with E-state index in [0.717, 1.165) is 5.56 Å². The summed E-state index contributed by atoms with van der Waals surface area (Å²) in [6.07, 6.45) is -0.990. The topological polar surface area (TPSA) is 66.8 Å². The van der Waals surface area contributed by atoms with Crippen LogP contribution in [-0.4, -0.2) is 28.5 Å². The Morgan fingerprint density at radius 1 is 1.27 bits per heavy atom. The lowest BCUT2D eigenvalue weighted by Gasteiger charge is -2.34. The van der Waals surface area contributed by atoms with Gasteiger partial charge in [0.1, 0.15) is 11.6 Å². The second kappa shape index (κ2) is 7.76. The van der Waals surface area contributed by atoms with Crippen LogP contribution in [0, 0.1) is 12.7 Å². The van der Waals surface area contributed by atoms with E-state index in [1.165, 1.54) is 17.2 Å². The van der Waals surface area contributed by atoms with E-state index >= 15 is 0 Å². The summed E-state index contributed by atoms with van der Waals surface area (Å²) in [5.74, 6) is -1.12.